The van der Waals surface area contributed by atoms with Gasteiger partial charge in [-0.05, 0) is 30.0 Å². The molecule has 0 aliphatic heterocycles. The van der Waals surface area contributed by atoms with Gasteiger partial charge in [-0.15, -0.1) is 5.10 Å². The summed E-state index contributed by atoms with van der Waals surface area (Å²) >= 11 is 1.07. The van der Waals surface area contributed by atoms with E-state index in [4.69, 9.17) is 10.9 Å². The van der Waals surface area contributed by atoms with Crippen molar-refractivity contribution in [2.45, 2.75) is 14.9 Å². The number of primary sulfonamides is 1. The zero-order valence-corrected chi connectivity index (χ0v) is 11.5. The van der Waals surface area contributed by atoms with Crippen LogP contribution in [0.15, 0.2) is 37.9 Å². The zero-order valence-electron chi connectivity index (χ0n) is 9.82. The van der Waals surface area contributed by atoms with Crippen molar-refractivity contribution in [2.75, 3.05) is 5.73 Å². The first-order valence-electron chi connectivity index (χ1n) is 5.00. The summed E-state index contributed by atoms with van der Waals surface area (Å²) in [6.45, 7) is 0. The van der Waals surface area contributed by atoms with Gasteiger partial charge in [0.05, 0.1) is 4.90 Å². The number of H-pyrrole nitrogens is 1. The lowest BCUT2D eigenvalue weighted by atomic mass is 10.3. The molecule has 0 aliphatic rings. The molecule has 0 atom stereocenters. The molecule has 0 fully saturated rings. The second-order valence-electron chi connectivity index (χ2n) is 3.72. The molecule has 0 radical (unpaired) electrons. The number of nitrogens with zero attached hydrogens (tertiary/aromatic N) is 2. The molecule has 0 bridgehead atoms. The van der Waals surface area contributed by atoms with Crippen molar-refractivity contribution < 1.29 is 8.42 Å². The Morgan fingerprint density at radius 3 is 2.63 bits per heavy atom. The lowest BCUT2D eigenvalue weighted by Gasteiger charge is -2.06. The van der Waals surface area contributed by atoms with Crippen LogP contribution in [0.1, 0.15) is 0 Å². The summed E-state index contributed by atoms with van der Waals surface area (Å²) in [4.78, 5) is 11.6. The highest BCUT2D eigenvalue weighted by Gasteiger charge is 2.13. The van der Waals surface area contributed by atoms with Crippen molar-refractivity contribution in [1.29, 1.82) is 0 Å². The smallest absolute Gasteiger partial charge is 0.343 e. The zero-order chi connectivity index (χ0) is 14.2. The third-order valence-electron chi connectivity index (χ3n) is 2.35. The van der Waals surface area contributed by atoms with E-state index < -0.39 is 10.0 Å². The minimum Gasteiger partial charge on any atom is -0.398 e. The SMILES string of the molecule is Cn1c(Sc2cc(S(N)(=O)=O)ccc2N)n[nH]c1=O. The Morgan fingerprint density at radius 1 is 1.42 bits per heavy atom. The molecule has 8 nitrogen and oxygen atoms in total. The number of aromatic amines is 1. The predicted molar refractivity (Wildman–Crippen MR) is 70.2 cm³/mol. The third-order valence-corrected chi connectivity index (χ3v) is 4.39. The van der Waals surface area contributed by atoms with Gasteiger partial charge < -0.3 is 5.73 Å². The van der Waals surface area contributed by atoms with E-state index in [9.17, 15) is 13.2 Å². The average Bonchev–Trinajstić information content (AvgIpc) is 2.62. The summed E-state index contributed by atoms with van der Waals surface area (Å²) in [6.07, 6.45) is 0. The van der Waals surface area contributed by atoms with E-state index >= 15 is 0 Å². The summed E-state index contributed by atoms with van der Waals surface area (Å²) in [7, 11) is -2.27. The number of hydrogen-bond acceptors (Lipinski definition) is 6. The van der Waals surface area contributed by atoms with E-state index in [0.717, 1.165) is 11.8 Å². The molecular formula is C9H11N5O3S2. The second kappa shape index (κ2) is 4.72. The minimum atomic E-state index is -3.80. The van der Waals surface area contributed by atoms with Crippen LogP contribution in [0.2, 0.25) is 0 Å². The van der Waals surface area contributed by atoms with Crippen molar-refractivity contribution in [1.82, 2.24) is 14.8 Å². The molecule has 0 amide bonds. The standard InChI is InChI=1S/C9H11N5O3S2/c1-14-8(15)12-13-9(14)18-7-4-5(19(11,16)17)2-3-6(7)10/h2-4H,10H2,1H3,(H,12,15)(H2,11,16,17). The molecule has 2 aromatic rings. The van der Waals surface area contributed by atoms with Crippen molar-refractivity contribution in [2.24, 2.45) is 12.2 Å². The predicted octanol–water partition coefficient (Wildman–Crippen LogP) is -0.511. The number of aromatic nitrogens is 3. The van der Waals surface area contributed by atoms with Crippen LogP contribution in [0.5, 0.6) is 0 Å². The summed E-state index contributed by atoms with van der Waals surface area (Å²) in [6, 6.07) is 4.10. The highest BCUT2D eigenvalue weighted by molar-refractivity contribution is 7.99. The van der Waals surface area contributed by atoms with E-state index in [1.54, 1.807) is 0 Å². The fourth-order valence-corrected chi connectivity index (χ4v) is 2.80. The second-order valence-corrected chi connectivity index (χ2v) is 6.29. The van der Waals surface area contributed by atoms with Gasteiger partial charge >= 0.3 is 5.69 Å². The van der Waals surface area contributed by atoms with Gasteiger partial charge in [-0.3, -0.25) is 4.57 Å². The molecule has 102 valence electrons. The van der Waals surface area contributed by atoms with E-state index in [1.807, 2.05) is 0 Å². The van der Waals surface area contributed by atoms with Crippen LogP contribution >= 0.6 is 11.8 Å². The highest BCUT2D eigenvalue weighted by Crippen LogP contribution is 2.31. The summed E-state index contributed by atoms with van der Waals surface area (Å²) in [5.41, 5.74) is 5.75. The number of anilines is 1. The van der Waals surface area contributed by atoms with Crippen molar-refractivity contribution in [3.8, 4) is 0 Å². The van der Waals surface area contributed by atoms with Gasteiger partial charge in [0.15, 0.2) is 5.16 Å². The van der Waals surface area contributed by atoms with E-state index in [0.29, 0.717) is 15.7 Å². The van der Waals surface area contributed by atoms with Gasteiger partial charge in [-0.1, -0.05) is 0 Å². The Morgan fingerprint density at radius 2 is 2.11 bits per heavy atom. The van der Waals surface area contributed by atoms with Gasteiger partial charge in [-0.2, -0.15) is 0 Å². The van der Waals surface area contributed by atoms with Gasteiger partial charge in [0.2, 0.25) is 10.0 Å². The summed E-state index contributed by atoms with van der Waals surface area (Å²) < 4.78 is 23.8. The molecule has 0 aliphatic carbocycles. The van der Waals surface area contributed by atoms with Crippen LogP contribution in [-0.4, -0.2) is 23.2 Å². The number of nitrogens with two attached hydrogens (primary N) is 2. The third kappa shape index (κ3) is 2.80. The highest BCUT2D eigenvalue weighted by atomic mass is 32.2. The fourth-order valence-electron chi connectivity index (χ4n) is 1.30. The molecule has 2 rings (SSSR count). The topological polar surface area (TPSA) is 137 Å². The minimum absolute atomic E-state index is 0.0512. The Kier molecular flexibility index (Phi) is 3.39. The number of rotatable bonds is 3. The maximum atomic E-state index is 11.3. The first-order chi connectivity index (χ1) is 8.79. The maximum Gasteiger partial charge on any atom is 0.343 e. The molecule has 0 saturated heterocycles. The number of sulfonamides is 1. The van der Waals surface area contributed by atoms with Crippen molar-refractivity contribution in [3.63, 3.8) is 0 Å². The van der Waals surface area contributed by atoms with Gasteiger partial charge in [0, 0.05) is 17.6 Å². The Bertz CT molecular complexity index is 777. The quantitative estimate of drug-likeness (QED) is 0.653. The lowest BCUT2D eigenvalue weighted by Crippen LogP contribution is -2.13. The molecule has 5 N–H and O–H groups in total. The maximum absolute atomic E-state index is 11.3. The van der Waals surface area contributed by atoms with Crippen LogP contribution in [0, 0.1) is 0 Å². The number of hydrogen-bond donors (Lipinski definition) is 3. The first-order valence-corrected chi connectivity index (χ1v) is 7.37. The summed E-state index contributed by atoms with van der Waals surface area (Å²) in [5.74, 6) is 0. The van der Waals surface area contributed by atoms with Gasteiger partial charge in [0.1, 0.15) is 0 Å². The molecule has 1 aromatic carbocycles. The number of nitrogen functional groups attached to an aromatic ring is 1. The van der Waals surface area contributed by atoms with Crippen molar-refractivity contribution >= 4 is 27.5 Å². The number of nitrogens with one attached hydrogen (secondary N) is 1. The van der Waals surface area contributed by atoms with Crippen molar-refractivity contribution in [3.05, 3.63) is 28.7 Å². The molecule has 10 heteroatoms. The largest absolute Gasteiger partial charge is 0.398 e. The lowest BCUT2D eigenvalue weighted by molar-refractivity contribution is 0.597. The van der Waals surface area contributed by atoms with E-state index in [-0.39, 0.29) is 10.6 Å². The Hall–Kier alpha value is -1.78. The molecule has 1 heterocycles. The van der Waals surface area contributed by atoms with Crippen LogP contribution in [-0.2, 0) is 17.1 Å². The molecular weight excluding hydrogens is 290 g/mol. The Labute approximate surface area is 112 Å². The molecule has 19 heavy (non-hydrogen) atoms. The summed E-state index contributed by atoms with van der Waals surface area (Å²) in [5, 5.41) is 11.5. The Balaban J connectivity index is 2.45. The fraction of sp³-hybridized carbons (Fsp3) is 0.111. The van der Waals surface area contributed by atoms with Gasteiger partial charge in [-0.25, -0.2) is 23.4 Å². The van der Waals surface area contributed by atoms with Crippen LogP contribution < -0.4 is 16.6 Å². The normalized spacial score (nSPS) is 11.7. The van der Waals surface area contributed by atoms with Crippen LogP contribution in [0.4, 0.5) is 5.69 Å². The van der Waals surface area contributed by atoms with Crippen LogP contribution in [0.25, 0.3) is 0 Å². The van der Waals surface area contributed by atoms with E-state index in [1.165, 1.54) is 29.8 Å². The molecule has 0 saturated carbocycles. The monoisotopic (exact) mass is 301 g/mol. The molecule has 0 spiro atoms. The molecule has 1 aromatic heterocycles. The molecule has 0 unspecified atom stereocenters. The number of benzene rings is 1. The average molecular weight is 301 g/mol. The van der Waals surface area contributed by atoms with Gasteiger partial charge in [0.25, 0.3) is 0 Å². The van der Waals surface area contributed by atoms with E-state index in [2.05, 4.69) is 10.2 Å². The van der Waals surface area contributed by atoms with Crippen LogP contribution in [0.3, 0.4) is 0 Å². The first kappa shape index (κ1) is 13.6.